The van der Waals surface area contributed by atoms with Gasteiger partial charge in [-0.15, -0.1) is 5.11 Å². The second kappa shape index (κ2) is 8.12. The zero-order valence-corrected chi connectivity index (χ0v) is 15.9. The second-order valence-corrected chi connectivity index (χ2v) is 7.68. The Bertz CT molecular complexity index is 893. The van der Waals surface area contributed by atoms with Crippen molar-refractivity contribution < 1.29 is 4.79 Å². The molecule has 1 amide bonds. The molecule has 1 N–H and O–H groups in total. The molecular weight excluding hydrogens is 360 g/mol. The SMILES string of the molecule is O=C(CCn1ccc(=O)[nH]c1=O)N1CCN(C2=CC3CCCCC3N=N2)CC1. The van der Waals surface area contributed by atoms with Gasteiger partial charge in [0.05, 0.1) is 6.04 Å². The topological polar surface area (TPSA) is 103 Å². The Hall–Kier alpha value is -2.71. The summed E-state index contributed by atoms with van der Waals surface area (Å²) in [6, 6.07) is 1.64. The van der Waals surface area contributed by atoms with Crippen LogP contribution in [0.4, 0.5) is 0 Å². The summed E-state index contributed by atoms with van der Waals surface area (Å²) in [7, 11) is 0. The summed E-state index contributed by atoms with van der Waals surface area (Å²) in [5, 5.41) is 8.96. The average molecular weight is 386 g/mol. The van der Waals surface area contributed by atoms with Gasteiger partial charge in [0.1, 0.15) is 5.82 Å². The Balaban J connectivity index is 1.28. The van der Waals surface area contributed by atoms with Crippen molar-refractivity contribution in [1.29, 1.82) is 0 Å². The molecule has 9 heteroatoms. The van der Waals surface area contributed by atoms with Crippen LogP contribution in [0.25, 0.3) is 0 Å². The first kappa shape index (κ1) is 18.6. The highest BCUT2D eigenvalue weighted by molar-refractivity contribution is 5.76. The van der Waals surface area contributed by atoms with Crippen molar-refractivity contribution in [2.24, 2.45) is 16.1 Å². The number of carbonyl (C=O) groups excluding carboxylic acids is 1. The van der Waals surface area contributed by atoms with Crippen molar-refractivity contribution in [2.75, 3.05) is 26.2 Å². The third-order valence-corrected chi connectivity index (χ3v) is 5.87. The fourth-order valence-electron chi connectivity index (χ4n) is 4.18. The van der Waals surface area contributed by atoms with Gasteiger partial charge in [0.2, 0.25) is 5.91 Å². The number of aromatic nitrogens is 2. The monoisotopic (exact) mass is 386 g/mol. The lowest BCUT2D eigenvalue weighted by atomic mass is 9.84. The van der Waals surface area contributed by atoms with Gasteiger partial charge >= 0.3 is 5.69 Å². The highest BCUT2D eigenvalue weighted by atomic mass is 16.2. The quantitative estimate of drug-likeness (QED) is 0.832. The van der Waals surface area contributed by atoms with E-state index in [4.69, 9.17) is 0 Å². The van der Waals surface area contributed by atoms with E-state index in [1.54, 1.807) is 0 Å². The zero-order valence-electron chi connectivity index (χ0n) is 15.9. The van der Waals surface area contributed by atoms with Gasteiger partial charge < -0.3 is 14.4 Å². The van der Waals surface area contributed by atoms with Crippen LogP contribution in [0.2, 0.25) is 0 Å². The van der Waals surface area contributed by atoms with Gasteiger partial charge in [-0.2, -0.15) is 5.11 Å². The molecule has 0 aromatic carbocycles. The number of hydrogen-bond donors (Lipinski definition) is 1. The minimum atomic E-state index is -0.485. The van der Waals surface area contributed by atoms with E-state index < -0.39 is 11.2 Å². The Morgan fingerprint density at radius 1 is 1.14 bits per heavy atom. The minimum absolute atomic E-state index is 0.0179. The highest BCUT2D eigenvalue weighted by Gasteiger charge is 2.29. The molecule has 4 rings (SSSR count). The summed E-state index contributed by atoms with van der Waals surface area (Å²) in [5.41, 5.74) is -0.918. The predicted molar refractivity (Wildman–Crippen MR) is 103 cm³/mol. The molecule has 2 aliphatic heterocycles. The van der Waals surface area contributed by atoms with Crippen molar-refractivity contribution in [2.45, 2.75) is 44.7 Å². The Morgan fingerprint density at radius 2 is 1.93 bits per heavy atom. The van der Waals surface area contributed by atoms with E-state index in [9.17, 15) is 14.4 Å². The summed E-state index contributed by atoms with van der Waals surface area (Å²) in [6.45, 7) is 3.02. The lowest BCUT2D eigenvalue weighted by molar-refractivity contribution is -0.132. The lowest BCUT2D eigenvalue weighted by Crippen LogP contribution is -2.48. The predicted octanol–water partition coefficient (Wildman–Crippen LogP) is 0.937. The van der Waals surface area contributed by atoms with Crippen molar-refractivity contribution in [3.63, 3.8) is 0 Å². The summed E-state index contributed by atoms with van der Waals surface area (Å²) in [6.07, 6.45) is 8.77. The molecule has 150 valence electrons. The first-order valence-corrected chi connectivity index (χ1v) is 10.1. The summed E-state index contributed by atoms with van der Waals surface area (Å²) >= 11 is 0. The Labute approximate surface area is 162 Å². The van der Waals surface area contributed by atoms with Gasteiger partial charge in [-0.1, -0.05) is 12.8 Å². The normalized spacial score (nSPS) is 24.6. The molecular formula is C19H26N6O3. The molecule has 3 heterocycles. The van der Waals surface area contributed by atoms with Crippen LogP contribution in [0.3, 0.4) is 0 Å². The summed E-state index contributed by atoms with van der Waals surface area (Å²) in [4.78, 5) is 41.5. The lowest BCUT2D eigenvalue weighted by Gasteiger charge is -2.38. The molecule has 1 aromatic heterocycles. The van der Waals surface area contributed by atoms with Crippen LogP contribution >= 0.6 is 0 Å². The maximum absolute atomic E-state index is 12.5. The van der Waals surface area contributed by atoms with Gasteiger partial charge in [0, 0.05) is 57.3 Å². The third kappa shape index (κ3) is 4.07. The van der Waals surface area contributed by atoms with Crippen LogP contribution in [0.5, 0.6) is 0 Å². The number of amides is 1. The molecule has 9 nitrogen and oxygen atoms in total. The molecule has 2 fully saturated rings. The standard InChI is InChI=1S/C19H26N6O3/c26-17-5-7-25(19(28)20-17)8-6-18(27)24-11-9-23(10-12-24)16-13-14-3-1-2-4-15(14)21-22-16/h5,7,13-15H,1-4,6,8-12H2,(H,20,26,28). The molecule has 2 unspecified atom stereocenters. The molecule has 1 saturated carbocycles. The molecule has 1 saturated heterocycles. The van der Waals surface area contributed by atoms with E-state index in [1.165, 1.54) is 36.1 Å². The molecule has 1 aromatic rings. The van der Waals surface area contributed by atoms with Gasteiger partial charge in [-0.25, -0.2) is 4.79 Å². The van der Waals surface area contributed by atoms with Crippen LogP contribution in [0.1, 0.15) is 32.1 Å². The smallest absolute Gasteiger partial charge is 0.328 e. The number of fused-ring (bicyclic) bond motifs is 1. The number of rotatable bonds is 4. The van der Waals surface area contributed by atoms with Crippen LogP contribution < -0.4 is 11.2 Å². The number of H-pyrrole nitrogens is 1. The van der Waals surface area contributed by atoms with Crippen molar-refractivity contribution >= 4 is 5.91 Å². The third-order valence-electron chi connectivity index (χ3n) is 5.87. The first-order chi connectivity index (χ1) is 13.6. The number of nitrogens with zero attached hydrogens (tertiary/aromatic N) is 5. The molecule has 0 radical (unpaired) electrons. The van der Waals surface area contributed by atoms with E-state index in [-0.39, 0.29) is 18.9 Å². The average Bonchev–Trinajstić information content (AvgIpc) is 2.72. The molecule has 0 spiro atoms. The molecule has 3 aliphatic rings. The Kier molecular flexibility index (Phi) is 5.40. The van der Waals surface area contributed by atoms with Gasteiger partial charge in [-0.3, -0.25) is 14.6 Å². The largest absolute Gasteiger partial charge is 0.352 e. The van der Waals surface area contributed by atoms with E-state index >= 15 is 0 Å². The number of carbonyl (C=O) groups is 1. The minimum Gasteiger partial charge on any atom is -0.352 e. The van der Waals surface area contributed by atoms with Crippen molar-refractivity contribution in [1.82, 2.24) is 19.4 Å². The second-order valence-electron chi connectivity index (χ2n) is 7.68. The zero-order chi connectivity index (χ0) is 19.5. The number of piperazine rings is 1. The van der Waals surface area contributed by atoms with E-state index in [2.05, 4.69) is 26.2 Å². The summed E-state index contributed by atoms with van der Waals surface area (Å²) in [5.74, 6) is 1.48. The first-order valence-electron chi connectivity index (χ1n) is 10.1. The van der Waals surface area contributed by atoms with Crippen LogP contribution in [0.15, 0.2) is 44.0 Å². The number of nitrogens with one attached hydrogen (secondary N) is 1. The molecule has 2 atom stereocenters. The number of aryl methyl sites for hydroxylation is 1. The van der Waals surface area contributed by atoms with Crippen LogP contribution in [-0.4, -0.2) is 57.5 Å². The molecule has 28 heavy (non-hydrogen) atoms. The van der Waals surface area contributed by atoms with E-state index in [0.29, 0.717) is 25.0 Å². The van der Waals surface area contributed by atoms with Crippen LogP contribution in [0, 0.1) is 5.92 Å². The van der Waals surface area contributed by atoms with Crippen molar-refractivity contribution in [3.8, 4) is 0 Å². The Morgan fingerprint density at radius 3 is 2.71 bits per heavy atom. The number of azo groups is 1. The van der Waals surface area contributed by atoms with Gasteiger partial charge in [0.25, 0.3) is 5.56 Å². The maximum Gasteiger partial charge on any atom is 0.328 e. The van der Waals surface area contributed by atoms with E-state index in [1.807, 2.05) is 4.90 Å². The van der Waals surface area contributed by atoms with Gasteiger partial charge in [-0.05, 0) is 18.9 Å². The fraction of sp³-hybridized carbons (Fsp3) is 0.632. The molecule has 1 aliphatic carbocycles. The van der Waals surface area contributed by atoms with Gasteiger partial charge in [0.15, 0.2) is 0 Å². The van der Waals surface area contributed by atoms with Crippen molar-refractivity contribution in [3.05, 3.63) is 45.0 Å². The van der Waals surface area contributed by atoms with Crippen LogP contribution in [-0.2, 0) is 11.3 Å². The summed E-state index contributed by atoms with van der Waals surface area (Å²) < 4.78 is 1.35. The number of aromatic amines is 1. The maximum atomic E-state index is 12.5. The van der Waals surface area contributed by atoms with E-state index in [0.717, 1.165) is 25.3 Å². The highest BCUT2D eigenvalue weighted by Crippen LogP contribution is 2.33. The number of hydrogen-bond acceptors (Lipinski definition) is 6. The fourth-order valence-corrected chi connectivity index (χ4v) is 4.18. The molecule has 0 bridgehead atoms.